The van der Waals surface area contributed by atoms with Gasteiger partial charge in [-0.3, -0.25) is 4.79 Å². The van der Waals surface area contributed by atoms with Gasteiger partial charge >= 0.3 is 0 Å². The van der Waals surface area contributed by atoms with E-state index in [0.717, 1.165) is 33.2 Å². The van der Waals surface area contributed by atoms with Crippen molar-refractivity contribution in [3.63, 3.8) is 0 Å². The Morgan fingerprint density at radius 3 is 2.56 bits per heavy atom. The van der Waals surface area contributed by atoms with Gasteiger partial charge < -0.3 is 4.98 Å². The summed E-state index contributed by atoms with van der Waals surface area (Å²) in [5.41, 5.74) is 5.18. The van der Waals surface area contributed by atoms with Crippen molar-refractivity contribution in [3.8, 4) is 0 Å². The molecule has 0 saturated heterocycles. The van der Waals surface area contributed by atoms with E-state index in [2.05, 4.69) is 9.71 Å². The number of rotatable bonds is 6. The summed E-state index contributed by atoms with van der Waals surface area (Å²) in [5.74, 6) is -0.0682. The molecule has 0 aliphatic rings. The molecule has 3 aromatic rings. The first-order valence-electron chi connectivity index (χ1n) is 8.90. The molecule has 0 spiro atoms. The summed E-state index contributed by atoms with van der Waals surface area (Å²) >= 11 is 0. The van der Waals surface area contributed by atoms with Gasteiger partial charge in [0.1, 0.15) is 0 Å². The van der Waals surface area contributed by atoms with Crippen LogP contribution in [-0.2, 0) is 22.2 Å². The second-order valence-corrected chi connectivity index (χ2v) is 8.79. The lowest BCUT2D eigenvalue weighted by molar-refractivity contribution is 0.580. The van der Waals surface area contributed by atoms with Gasteiger partial charge in [0.25, 0.3) is 5.56 Å². The number of pyridine rings is 1. The minimum Gasteiger partial charge on any atom is -0.321 e. The Bertz CT molecular complexity index is 1150. The minimum absolute atomic E-state index is 0.0682. The van der Waals surface area contributed by atoms with Gasteiger partial charge in [-0.05, 0) is 55.3 Å². The Morgan fingerprint density at radius 2 is 1.81 bits per heavy atom. The second-order valence-electron chi connectivity index (χ2n) is 6.99. The Kier molecular flexibility index (Phi) is 5.48. The average Bonchev–Trinajstić information content (AvgIpc) is 2.59. The molecule has 5 nitrogen and oxygen atoms in total. The third-order valence-electron chi connectivity index (χ3n) is 4.78. The number of benzene rings is 2. The third-order valence-corrected chi connectivity index (χ3v) is 6.14. The number of hydrogen-bond donors (Lipinski definition) is 2. The quantitative estimate of drug-likeness (QED) is 0.685. The zero-order valence-corrected chi connectivity index (χ0v) is 16.6. The van der Waals surface area contributed by atoms with Crippen LogP contribution in [0.2, 0.25) is 0 Å². The summed E-state index contributed by atoms with van der Waals surface area (Å²) in [6.07, 6.45) is 0.339. The van der Waals surface area contributed by atoms with Crippen molar-refractivity contribution in [1.82, 2.24) is 9.71 Å². The molecular weight excluding hydrogens is 360 g/mol. The van der Waals surface area contributed by atoms with Crippen molar-refractivity contribution in [2.24, 2.45) is 0 Å². The first-order valence-corrected chi connectivity index (χ1v) is 10.6. The van der Waals surface area contributed by atoms with Crippen LogP contribution < -0.4 is 10.3 Å². The van der Waals surface area contributed by atoms with Gasteiger partial charge in [-0.15, -0.1) is 0 Å². The molecule has 0 fully saturated rings. The number of aryl methyl sites for hydroxylation is 3. The van der Waals surface area contributed by atoms with E-state index in [0.29, 0.717) is 12.0 Å². The van der Waals surface area contributed by atoms with E-state index in [1.165, 1.54) is 0 Å². The Hall–Kier alpha value is -2.44. The van der Waals surface area contributed by atoms with E-state index >= 15 is 0 Å². The summed E-state index contributed by atoms with van der Waals surface area (Å²) in [6.45, 7) is 6.10. The van der Waals surface area contributed by atoms with Gasteiger partial charge in [0.15, 0.2) is 0 Å². The van der Waals surface area contributed by atoms with Crippen molar-refractivity contribution in [2.75, 3.05) is 6.54 Å². The van der Waals surface area contributed by atoms with Crippen LogP contribution in [0.5, 0.6) is 0 Å². The van der Waals surface area contributed by atoms with E-state index in [1.54, 1.807) is 6.07 Å². The summed E-state index contributed by atoms with van der Waals surface area (Å²) < 4.78 is 27.2. The molecule has 0 radical (unpaired) electrons. The fourth-order valence-electron chi connectivity index (χ4n) is 3.17. The molecule has 1 aromatic heterocycles. The molecule has 0 atom stereocenters. The van der Waals surface area contributed by atoms with E-state index in [-0.39, 0.29) is 17.9 Å². The number of sulfonamides is 1. The smallest absolute Gasteiger partial charge is 0.251 e. The zero-order valence-electron chi connectivity index (χ0n) is 15.8. The predicted molar refractivity (Wildman–Crippen MR) is 110 cm³/mol. The topological polar surface area (TPSA) is 79.0 Å². The van der Waals surface area contributed by atoms with Crippen LogP contribution in [0.25, 0.3) is 10.9 Å². The highest BCUT2D eigenvalue weighted by molar-refractivity contribution is 7.88. The summed E-state index contributed by atoms with van der Waals surface area (Å²) in [4.78, 5) is 15.3. The summed E-state index contributed by atoms with van der Waals surface area (Å²) in [5, 5.41) is 0.954. The second kappa shape index (κ2) is 7.66. The van der Waals surface area contributed by atoms with E-state index in [1.807, 2.05) is 57.2 Å². The normalized spacial score (nSPS) is 11.8. The van der Waals surface area contributed by atoms with Crippen LogP contribution >= 0.6 is 0 Å². The number of aromatic nitrogens is 1. The molecular formula is C21H24N2O3S. The van der Waals surface area contributed by atoms with Crippen LogP contribution in [0.1, 0.15) is 27.8 Å². The molecule has 0 bridgehead atoms. The van der Waals surface area contributed by atoms with Crippen molar-refractivity contribution in [3.05, 3.63) is 80.6 Å². The van der Waals surface area contributed by atoms with Gasteiger partial charge in [0.05, 0.1) is 11.3 Å². The molecule has 0 saturated carbocycles. The highest BCUT2D eigenvalue weighted by Crippen LogP contribution is 2.19. The molecule has 27 heavy (non-hydrogen) atoms. The number of nitrogens with one attached hydrogen (secondary N) is 2. The van der Waals surface area contributed by atoms with Gasteiger partial charge in [-0.25, -0.2) is 13.1 Å². The van der Waals surface area contributed by atoms with Gasteiger partial charge in [0.2, 0.25) is 10.0 Å². The maximum absolute atomic E-state index is 12.3. The fraction of sp³-hybridized carbons (Fsp3) is 0.286. The standard InChI is InChI=1S/C21H24N2O3S/c1-14-5-4-6-17(11-14)13-27(25,26)22-10-9-19-12-18-8-7-15(2)16(3)20(18)23-21(19)24/h4-8,11-12,22H,9-10,13H2,1-3H3,(H,23,24). The monoisotopic (exact) mass is 384 g/mol. The third kappa shape index (κ3) is 4.64. The van der Waals surface area contributed by atoms with Crippen molar-refractivity contribution in [2.45, 2.75) is 32.9 Å². The van der Waals surface area contributed by atoms with E-state index < -0.39 is 10.0 Å². The number of aromatic amines is 1. The van der Waals surface area contributed by atoms with Crippen molar-refractivity contribution < 1.29 is 8.42 Å². The minimum atomic E-state index is -3.45. The number of fused-ring (bicyclic) bond motifs is 1. The molecule has 2 aromatic carbocycles. The SMILES string of the molecule is Cc1cccc(CS(=O)(=O)NCCc2cc3ccc(C)c(C)c3[nH]c2=O)c1. The van der Waals surface area contributed by atoms with Crippen LogP contribution in [0.3, 0.4) is 0 Å². The maximum Gasteiger partial charge on any atom is 0.251 e. The number of H-pyrrole nitrogens is 1. The molecule has 6 heteroatoms. The van der Waals surface area contributed by atoms with Crippen LogP contribution in [0.15, 0.2) is 47.3 Å². The highest BCUT2D eigenvalue weighted by Gasteiger charge is 2.12. The first-order chi connectivity index (χ1) is 12.7. The van der Waals surface area contributed by atoms with Crippen LogP contribution in [0.4, 0.5) is 0 Å². The fourth-order valence-corrected chi connectivity index (χ4v) is 4.30. The van der Waals surface area contributed by atoms with Gasteiger partial charge in [-0.1, -0.05) is 42.0 Å². The number of hydrogen-bond acceptors (Lipinski definition) is 3. The Morgan fingerprint density at radius 1 is 1.04 bits per heavy atom. The Labute approximate surface area is 159 Å². The molecule has 0 amide bonds. The molecule has 0 aliphatic carbocycles. The summed E-state index contributed by atoms with van der Waals surface area (Å²) in [7, 11) is -3.45. The van der Waals surface area contributed by atoms with Gasteiger partial charge in [0, 0.05) is 12.1 Å². The lowest BCUT2D eigenvalue weighted by atomic mass is 10.0. The van der Waals surface area contributed by atoms with E-state index in [9.17, 15) is 13.2 Å². The summed E-state index contributed by atoms with van der Waals surface area (Å²) in [6, 6.07) is 13.3. The molecule has 0 aliphatic heterocycles. The zero-order chi connectivity index (χ0) is 19.6. The van der Waals surface area contributed by atoms with Crippen LogP contribution in [-0.4, -0.2) is 19.9 Å². The molecule has 1 heterocycles. The first kappa shape index (κ1) is 19.3. The highest BCUT2D eigenvalue weighted by atomic mass is 32.2. The molecule has 2 N–H and O–H groups in total. The lowest BCUT2D eigenvalue weighted by Crippen LogP contribution is -2.28. The molecule has 3 rings (SSSR count). The van der Waals surface area contributed by atoms with Crippen molar-refractivity contribution >= 4 is 20.9 Å². The maximum atomic E-state index is 12.3. The average molecular weight is 385 g/mol. The van der Waals surface area contributed by atoms with Crippen molar-refractivity contribution in [1.29, 1.82) is 0 Å². The van der Waals surface area contributed by atoms with Gasteiger partial charge in [-0.2, -0.15) is 0 Å². The molecule has 142 valence electrons. The lowest BCUT2D eigenvalue weighted by Gasteiger charge is -2.09. The van der Waals surface area contributed by atoms with Crippen LogP contribution in [0, 0.1) is 20.8 Å². The predicted octanol–water partition coefficient (Wildman–Crippen LogP) is 3.12. The largest absolute Gasteiger partial charge is 0.321 e. The van der Waals surface area contributed by atoms with E-state index in [4.69, 9.17) is 0 Å². The molecule has 0 unspecified atom stereocenters. The Balaban J connectivity index is 1.70.